The number of aromatic nitrogens is 3. The van der Waals surface area contributed by atoms with Gasteiger partial charge in [0.15, 0.2) is 5.16 Å². The van der Waals surface area contributed by atoms with Gasteiger partial charge in [-0.05, 0) is 23.8 Å². The van der Waals surface area contributed by atoms with Gasteiger partial charge in [0, 0.05) is 17.5 Å². The van der Waals surface area contributed by atoms with Gasteiger partial charge in [-0.3, -0.25) is 4.98 Å². The largest absolute Gasteiger partial charge is 0.416 e. The minimum absolute atomic E-state index is 0.250. The van der Waals surface area contributed by atoms with E-state index >= 15 is 0 Å². The number of alkyl halides is 3. The van der Waals surface area contributed by atoms with Crippen LogP contribution in [0, 0.1) is 5.82 Å². The second-order valence-electron chi connectivity index (χ2n) is 6.42. The Morgan fingerprint density at radius 1 is 1.00 bits per heavy atom. The van der Waals surface area contributed by atoms with E-state index in [0.29, 0.717) is 27.6 Å². The van der Waals surface area contributed by atoms with Crippen LogP contribution >= 0.6 is 11.8 Å². The Kier molecular flexibility index (Phi) is 5.27. The van der Waals surface area contributed by atoms with Crippen LogP contribution in [-0.4, -0.2) is 14.5 Å². The molecule has 0 aliphatic rings. The molecule has 0 radical (unpaired) electrons. The van der Waals surface area contributed by atoms with Gasteiger partial charge in [0.25, 0.3) is 0 Å². The van der Waals surface area contributed by atoms with Gasteiger partial charge < -0.3 is 4.57 Å². The second kappa shape index (κ2) is 7.87. The number of benzene rings is 2. The van der Waals surface area contributed by atoms with Crippen LogP contribution in [0.4, 0.5) is 17.6 Å². The normalized spacial score (nSPS) is 11.9. The zero-order valence-electron chi connectivity index (χ0n) is 15.0. The molecule has 0 saturated carbocycles. The lowest BCUT2D eigenvalue weighted by atomic mass is 10.1. The summed E-state index contributed by atoms with van der Waals surface area (Å²) < 4.78 is 54.8. The smallest absolute Gasteiger partial charge is 0.313 e. The molecule has 0 aliphatic carbocycles. The average molecular weight is 417 g/mol. The maximum absolute atomic E-state index is 14.2. The number of nitrogens with zero attached hydrogens (tertiary/aromatic N) is 3. The van der Waals surface area contributed by atoms with Crippen molar-refractivity contribution in [1.29, 1.82) is 0 Å². The van der Waals surface area contributed by atoms with Crippen LogP contribution in [0.25, 0.3) is 11.0 Å². The molecule has 2 aromatic carbocycles. The van der Waals surface area contributed by atoms with E-state index in [9.17, 15) is 17.6 Å². The first kappa shape index (κ1) is 19.4. The maximum atomic E-state index is 14.2. The third-order valence-electron chi connectivity index (χ3n) is 4.42. The third-order valence-corrected chi connectivity index (χ3v) is 5.47. The van der Waals surface area contributed by atoms with E-state index in [1.54, 1.807) is 42.7 Å². The van der Waals surface area contributed by atoms with Crippen molar-refractivity contribution < 1.29 is 17.6 Å². The van der Waals surface area contributed by atoms with Crippen LogP contribution in [0.1, 0.15) is 16.7 Å². The molecule has 8 heteroatoms. The summed E-state index contributed by atoms with van der Waals surface area (Å²) in [4.78, 5) is 8.68. The predicted octanol–water partition coefficient (Wildman–Crippen LogP) is 5.93. The highest BCUT2D eigenvalue weighted by Crippen LogP contribution is 2.32. The van der Waals surface area contributed by atoms with Crippen molar-refractivity contribution >= 4 is 22.8 Å². The average Bonchev–Trinajstić information content (AvgIpc) is 3.05. The monoisotopic (exact) mass is 417 g/mol. The SMILES string of the molecule is Fc1ccccc1Cn1c(SCc2cccc(C(F)(F)F)c2)nc2ccncc21. The molecule has 29 heavy (non-hydrogen) atoms. The molecule has 148 valence electrons. The Labute approximate surface area is 168 Å². The second-order valence-corrected chi connectivity index (χ2v) is 7.37. The van der Waals surface area contributed by atoms with Crippen molar-refractivity contribution in [3.8, 4) is 0 Å². The van der Waals surface area contributed by atoms with Crippen LogP contribution in [-0.2, 0) is 18.5 Å². The van der Waals surface area contributed by atoms with Gasteiger partial charge in [-0.2, -0.15) is 13.2 Å². The number of imidazole rings is 1. The zero-order chi connectivity index (χ0) is 20.4. The van der Waals surface area contributed by atoms with Gasteiger partial charge in [0.05, 0.1) is 29.3 Å². The maximum Gasteiger partial charge on any atom is 0.416 e. The Hall–Kier alpha value is -2.87. The van der Waals surface area contributed by atoms with E-state index in [1.807, 2.05) is 4.57 Å². The molecule has 4 aromatic rings. The Bertz CT molecular complexity index is 1150. The highest BCUT2D eigenvalue weighted by molar-refractivity contribution is 7.98. The van der Waals surface area contributed by atoms with Gasteiger partial charge in [0.1, 0.15) is 5.82 Å². The summed E-state index contributed by atoms with van der Waals surface area (Å²) in [7, 11) is 0. The van der Waals surface area contributed by atoms with E-state index in [1.165, 1.54) is 23.9 Å². The summed E-state index contributed by atoms with van der Waals surface area (Å²) in [5, 5.41) is 0.591. The molecule has 0 unspecified atom stereocenters. The van der Waals surface area contributed by atoms with Gasteiger partial charge in [-0.15, -0.1) is 0 Å². The molecule has 0 amide bonds. The molecule has 0 aliphatic heterocycles. The van der Waals surface area contributed by atoms with E-state index in [-0.39, 0.29) is 12.4 Å². The van der Waals surface area contributed by atoms with Gasteiger partial charge >= 0.3 is 6.18 Å². The van der Waals surface area contributed by atoms with Crippen molar-refractivity contribution in [1.82, 2.24) is 14.5 Å². The lowest BCUT2D eigenvalue weighted by molar-refractivity contribution is -0.137. The quantitative estimate of drug-likeness (QED) is 0.298. The van der Waals surface area contributed by atoms with Crippen LogP contribution in [0.15, 0.2) is 72.1 Å². The molecule has 0 N–H and O–H groups in total. The Morgan fingerprint density at radius 3 is 2.62 bits per heavy atom. The van der Waals surface area contributed by atoms with Crippen molar-refractivity contribution in [3.63, 3.8) is 0 Å². The molecule has 4 rings (SSSR count). The fourth-order valence-corrected chi connectivity index (χ4v) is 3.95. The highest BCUT2D eigenvalue weighted by Gasteiger charge is 2.30. The van der Waals surface area contributed by atoms with Crippen LogP contribution in [0.5, 0.6) is 0 Å². The number of fused-ring (bicyclic) bond motifs is 1. The third kappa shape index (κ3) is 4.27. The summed E-state index contributed by atoms with van der Waals surface area (Å²) in [6.07, 6.45) is -1.12. The molecule has 0 bridgehead atoms. The molecular formula is C21H15F4N3S. The minimum atomic E-state index is -4.38. The molecule has 0 saturated heterocycles. The van der Waals surface area contributed by atoms with E-state index in [4.69, 9.17) is 0 Å². The lowest BCUT2D eigenvalue weighted by Crippen LogP contribution is -2.05. The van der Waals surface area contributed by atoms with Crippen LogP contribution in [0.3, 0.4) is 0 Å². The first-order valence-corrected chi connectivity index (χ1v) is 9.73. The molecule has 0 fully saturated rings. The van der Waals surface area contributed by atoms with Gasteiger partial charge in [0.2, 0.25) is 0 Å². The predicted molar refractivity (Wildman–Crippen MR) is 104 cm³/mol. The summed E-state index contributed by atoms with van der Waals surface area (Å²) in [5.41, 5.74) is 1.79. The van der Waals surface area contributed by atoms with E-state index in [0.717, 1.165) is 17.6 Å². The van der Waals surface area contributed by atoms with Crippen molar-refractivity contribution in [3.05, 3.63) is 89.5 Å². The number of thioether (sulfide) groups is 1. The van der Waals surface area contributed by atoms with Crippen molar-refractivity contribution in [2.45, 2.75) is 23.6 Å². The molecular weight excluding hydrogens is 402 g/mol. The highest BCUT2D eigenvalue weighted by atomic mass is 32.2. The number of halogens is 4. The summed E-state index contributed by atoms with van der Waals surface area (Å²) in [5.74, 6) is -0.0233. The topological polar surface area (TPSA) is 30.7 Å². The van der Waals surface area contributed by atoms with Crippen LogP contribution in [0.2, 0.25) is 0 Å². The first-order valence-electron chi connectivity index (χ1n) is 8.74. The fraction of sp³-hybridized carbons (Fsp3) is 0.143. The summed E-state index contributed by atoms with van der Waals surface area (Å²) >= 11 is 1.30. The van der Waals surface area contributed by atoms with Crippen LogP contribution < -0.4 is 0 Å². The Balaban J connectivity index is 1.65. The number of pyridine rings is 1. The molecule has 3 nitrogen and oxygen atoms in total. The lowest BCUT2D eigenvalue weighted by Gasteiger charge is -2.11. The van der Waals surface area contributed by atoms with E-state index in [2.05, 4.69) is 9.97 Å². The molecule has 0 atom stereocenters. The molecule has 2 aromatic heterocycles. The molecule has 0 spiro atoms. The summed E-state index contributed by atoms with van der Waals surface area (Å²) in [6, 6.07) is 13.4. The zero-order valence-corrected chi connectivity index (χ0v) is 15.8. The van der Waals surface area contributed by atoms with E-state index < -0.39 is 11.7 Å². The van der Waals surface area contributed by atoms with Gasteiger partial charge in [-0.25, -0.2) is 9.37 Å². The van der Waals surface area contributed by atoms with Crippen molar-refractivity contribution in [2.75, 3.05) is 0 Å². The minimum Gasteiger partial charge on any atom is -0.313 e. The fourth-order valence-electron chi connectivity index (χ4n) is 2.99. The Morgan fingerprint density at radius 2 is 1.83 bits per heavy atom. The van der Waals surface area contributed by atoms with Crippen molar-refractivity contribution in [2.24, 2.45) is 0 Å². The number of rotatable bonds is 5. The number of hydrogen-bond acceptors (Lipinski definition) is 3. The summed E-state index contributed by atoms with van der Waals surface area (Å²) in [6.45, 7) is 0.250. The standard InChI is InChI=1S/C21H15F4N3S/c22-17-7-2-1-5-15(17)12-28-19-11-26-9-8-18(19)27-20(28)29-13-14-4-3-6-16(10-14)21(23,24)25/h1-11H,12-13H2. The first-order chi connectivity index (χ1) is 13.9. The number of hydrogen-bond donors (Lipinski definition) is 0. The van der Waals surface area contributed by atoms with Gasteiger partial charge in [-0.1, -0.05) is 48.2 Å². The molecule has 2 heterocycles.